The number of nitrogens with one attached hydrogen (secondary N) is 2. The largest absolute Gasteiger partial charge is 0.472 e. The van der Waals surface area contributed by atoms with Crippen molar-refractivity contribution in [3.63, 3.8) is 0 Å². The number of thioether (sulfide) groups is 1. The molecule has 0 saturated carbocycles. The van der Waals surface area contributed by atoms with E-state index in [1.165, 1.54) is 31.2 Å². The van der Waals surface area contributed by atoms with Crippen molar-refractivity contribution in [2.24, 2.45) is 0 Å². The van der Waals surface area contributed by atoms with Gasteiger partial charge in [-0.25, -0.2) is 0 Å². The summed E-state index contributed by atoms with van der Waals surface area (Å²) in [5.74, 6) is -0.161. The second-order valence-electron chi connectivity index (χ2n) is 7.05. The molecule has 1 saturated heterocycles. The number of carbonyl (C=O) groups excluding carboxylic acids is 3. The van der Waals surface area contributed by atoms with Gasteiger partial charge in [-0.1, -0.05) is 0 Å². The first kappa shape index (κ1) is 21.0. The van der Waals surface area contributed by atoms with E-state index in [0.717, 1.165) is 23.4 Å². The van der Waals surface area contributed by atoms with Crippen LogP contribution in [0, 0.1) is 0 Å². The molecule has 1 fully saturated rings. The van der Waals surface area contributed by atoms with E-state index >= 15 is 0 Å². The second-order valence-corrected chi connectivity index (χ2v) is 8.47. The van der Waals surface area contributed by atoms with Crippen molar-refractivity contribution >= 4 is 35.2 Å². The normalized spacial score (nSPS) is 15.6. The van der Waals surface area contributed by atoms with Crippen LogP contribution in [0.25, 0.3) is 0 Å². The zero-order valence-electron chi connectivity index (χ0n) is 16.5. The maximum absolute atomic E-state index is 12.5. The molecule has 0 bridgehead atoms. The van der Waals surface area contributed by atoms with Gasteiger partial charge in [-0.3, -0.25) is 14.4 Å². The quantitative estimate of drug-likeness (QED) is 0.707. The number of likely N-dealkylation sites (tertiary alicyclic amines) is 1. The Morgan fingerprint density at radius 3 is 2.41 bits per heavy atom. The topological polar surface area (TPSA) is 91.7 Å². The lowest BCUT2D eigenvalue weighted by Crippen LogP contribution is -2.48. The van der Waals surface area contributed by atoms with E-state index in [1.54, 1.807) is 11.0 Å². The summed E-state index contributed by atoms with van der Waals surface area (Å²) < 4.78 is 4.97. The summed E-state index contributed by atoms with van der Waals surface area (Å²) in [5.41, 5.74) is 1.29. The molecule has 0 unspecified atom stereocenters. The van der Waals surface area contributed by atoms with Gasteiger partial charge in [0.1, 0.15) is 6.26 Å². The van der Waals surface area contributed by atoms with Crippen molar-refractivity contribution in [2.75, 3.05) is 18.4 Å². The van der Waals surface area contributed by atoms with Gasteiger partial charge in [0.15, 0.2) is 0 Å². The summed E-state index contributed by atoms with van der Waals surface area (Å²) in [5, 5.41) is 5.58. The Morgan fingerprint density at radius 2 is 1.83 bits per heavy atom. The highest BCUT2D eigenvalue weighted by molar-refractivity contribution is 8.00. The number of furan rings is 1. The third kappa shape index (κ3) is 5.87. The minimum absolute atomic E-state index is 0.0134. The molecular formula is C21H25N3O4S. The Kier molecular flexibility index (Phi) is 6.98. The molecule has 1 aromatic carbocycles. The molecule has 2 N–H and O–H groups in total. The van der Waals surface area contributed by atoms with E-state index in [0.29, 0.717) is 18.7 Å². The van der Waals surface area contributed by atoms with Crippen LogP contribution in [0.2, 0.25) is 0 Å². The van der Waals surface area contributed by atoms with Gasteiger partial charge in [0.25, 0.3) is 5.91 Å². The summed E-state index contributed by atoms with van der Waals surface area (Å²) in [6, 6.07) is 9.15. The first-order valence-corrected chi connectivity index (χ1v) is 10.5. The number of hydrogen-bond donors (Lipinski definition) is 2. The molecule has 0 spiro atoms. The van der Waals surface area contributed by atoms with E-state index in [-0.39, 0.29) is 29.0 Å². The molecule has 1 aliphatic rings. The Labute approximate surface area is 174 Å². The van der Waals surface area contributed by atoms with Crippen molar-refractivity contribution in [3.8, 4) is 0 Å². The smallest absolute Gasteiger partial charge is 0.257 e. The van der Waals surface area contributed by atoms with E-state index in [1.807, 2.05) is 31.2 Å². The van der Waals surface area contributed by atoms with Gasteiger partial charge in [-0.05, 0) is 50.1 Å². The van der Waals surface area contributed by atoms with Gasteiger partial charge in [-0.15, -0.1) is 11.8 Å². The highest BCUT2D eigenvalue weighted by atomic mass is 32.2. The number of piperidine rings is 1. The van der Waals surface area contributed by atoms with Crippen molar-refractivity contribution in [3.05, 3.63) is 48.4 Å². The monoisotopic (exact) mass is 415 g/mol. The molecular weight excluding hydrogens is 390 g/mol. The molecule has 1 aromatic heterocycles. The first-order valence-electron chi connectivity index (χ1n) is 9.58. The van der Waals surface area contributed by atoms with Crippen molar-refractivity contribution in [2.45, 2.75) is 42.9 Å². The predicted molar refractivity (Wildman–Crippen MR) is 112 cm³/mol. The number of nitrogens with zero attached hydrogens (tertiary/aromatic N) is 1. The highest BCUT2D eigenvalue weighted by Crippen LogP contribution is 2.25. The zero-order valence-corrected chi connectivity index (χ0v) is 17.3. The summed E-state index contributed by atoms with van der Waals surface area (Å²) in [6.07, 6.45) is 4.42. The van der Waals surface area contributed by atoms with E-state index < -0.39 is 0 Å². The average molecular weight is 416 g/mol. The molecule has 1 atom stereocenters. The van der Waals surface area contributed by atoms with Crippen LogP contribution >= 0.6 is 11.8 Å². The molecule has 0 radical (unpaired) electrons. The fraction of sp³-hybridized carbons (Fsp3) is 0.381. The van der Waals surface area contributed by atoms with Gasteiger partial charge in [0.05, 0.1) is 17.1 Å². The number of hydrogen-bond acceptors (Lipinski definition) is 5. The Hall–Kier alpha value is -2.74. The third-order valence-corrected chi connectivity index (χ3v) is 5.87. The number of amides is 3. The Bertz CT molecular complexity index is 843. The van der Waals surface area contributed by atoms with E-state index in [2.05, 4.69) is 10.6 Å². The van der Waals surface area contributed by atoms with Crippen molar-refractivity contribution in [1.29, 1.82) is 0 Å². The molecule has 154 valence electrons. The lowest BCUT2D eigenvalue weighted by Gasteiger charge is -2.32. The first-order chi connectivity index (χ1) is 13.9. The van der Waals surface area contributed by atoms with Crippen LogP contribution in [0.4, 0.5) is 5.69 Å². The minimum Gasteiger partial charge on any atom is -0.472 e. The summed E-state index contributed by atoms with van der Waals surface area (Å²) in [4.78, 5) is 38.7. The lowest BCUT2D eigenvalue weighted by molar-refractivity contribution is -0.121. The van der Waals surface area contributed by atoms with E-state index in [4.69, 9.17) is 4.42 Å². The minimum atomic E-state index is -0.243. The van der Waals surface area contributed by atoms with Crippen LogP contribution in [0.1, 0.15) is 37.0 Å². The number of carbonyl (C=O) groups is 3. The summed E-state index contributed by atoms with van der Waals surface area (Å²) >= 11 is 1.47. The predicted octanol–water partition coefficient (Wildman–Crippen LogP) is 3.14. The number of rotatable bonds is 6. The van der Waals surface area contributed by atoms with Crippen LogP contribution in [-0.2, 0) is 9.59 Å². The van der Waals surface area contributed by atoms with Crippen LogP contribution in [0.5, 0.6) is 0 Å². The Morgan fingerprint density at radius 1 is 1.14 bits per heavy atom. The van der Waals surface area contributed by atoms with Gasteiger partial charge < -0.3 is 20.0 Å². The van der Waals surface area contributed by atoms with Crippen molar-refractivity contribution in [1.82, 2.24) is 10.2 Å². The van der Waals surface area contributed by atoms with Crippen LogP contribution in [-0.4, -0.2) is 47.0 Å². The van der Waals surface area contributed by atoms with E-state index in [9.17, 15) is 14.4 Å². The maximum Gasteiger partial charge on any atom is 0.257 e. The standard InChI is InChI=1S/C21H25N3O4S/c1-14(29-19-5-3-17(4-6-19)22-15(2)25)20(26)23-18-7-10-24(11-8-18)21(27)16-9-12-28-13-16/h3-6,9,12-14,18H,7-8,10-11H2,1-2H3,(H,22,25)(H,23,26)/t14-/m0/s1. The summed E-state index contributed by atoms with van der Waals surface area (Å²) in [7, 11) is 0. The van der Waals surface area contributed by atoms with Crippen LogP contribution < -0.4 is 10.6 Å². The highest BCUT2D eigenvalue weighted by Gasteiger charge is 2.26. The fourth-order valence-corrected chi connectivity index (χ4v) is 4.07. The summed E-state index contributed by atoms with van der Waals surface area (Å²) in [6.45, 7) is 4.56. The molecule has 7 nitrogen and oxygen atoms in total. The Balaban J connectivity index is 1.44. The average Bonchev–Trinajstić information content (AvgIpc) is 3.24. The maximum atomic E-state index is 12.5. The molecule has 2 aromatic rings. The molecule has 8 heteroatoms. The molecule has 1 aliphatic heterocycles. The van der Waals surface area contributed by atoms with Crippen LogP contribution in [0.15, 0.2) is 52.2 Å². The van der Waals surface area contributed by atoms with Gasteiger partial charge in [0, 0.05) is 36.6 Å². The molecule has 3 rings (SSSR count). The molecule has 0 aliphatic carbocycles. The van der Waals surface area contributed by atoms with Gasteiger partial charge >= 0.3 is 0 Å². The molecule has 2 heterocycles. The lowest BCUT2D eigenvalue weighted by atomic mass is 10.0. The van der Waals surface area contributed by atoms with Gasteiger partial charge in [0.2, 0.25) is 11.8 Å². The second kappa shape index (κ2) is 9.65. The zero-order chi connectivity index (χ0) is 20.8. The number of anilines is 1. The fourth-order valence-electron chi connectivity index (χ4n) is 3.19. The molecule has 29 heavy (non-hydrogen) atoms. The van der Waals surface area contributed by atoms with Crippen LogP contribution in [0.3, 0.4) is 0 Å². The van der Waals surface area contributed by atoms with Crippen molar-refractivity contribution < 1.29 is 18.8 Å². The van der Waals surface area contributed by atoms with Gasteiger partial charge in [-0.2, -0.15) is 0 Å². The molecule has 3 amide bonds. The SMILES string of the molecule is CC(=O)Nc1ccc(S[C@@H](C)C(=O)NC2CCN(C(=O)c3ccoc3)CC2)cc1. The third-order valence-electron chi connectivity index (χ3n) is 4.75. The number of benzene rings is 1.